The average molecular weight is 334 g/mol. The summed E-state index contributed by atoms with van der Waals surface area (Å²) in [5.41, 5.74) is 2.27. The number of hydrogen-bond acceptors (Lipinski definition) is 4. The van der Waals surface area contributed by atoms with E-state index >= 15 is 0 Å². The zero-order chi connectivity index (χ0) is 13.2. The van der Waals surface area contributed by atoms with Crippen molar-refractivity contribution in [1.82, 2.24) is 9.97 Å². The van der Waals surface area contributed by atoms with Gasteiger partial charge in [-0.15, -0.1) is 0 Å². The molecule has 96 valence electrons. The third-order valence-corrected chi connectivity index (χ3v) is 4.24. The number of halogens is 1. The van der Waals surface area contributed by atoms with Gasteiger partial charge in [-0.2, -0.15) is 0 Å². The largest absolute Gasteiger partial charge is 0.316 e. The van der Waals surface area contributed by atoms with Gasteiger partial charge in [0.15, 0.2) is 5.13 Å². The number of hydrogen-bond donors (Lipinski definition) is 1. The Morgan fingerprint density at radius 2 is 2.16 bits per heavy atom. The Morgan fingerprint density at radius 1 is 1.26 bits per heavy atom. The second kappa shape index (κ2) is 5.27. The van der Waals surface area contributed by atoms with Crippen LogP contribution in [0, 0.1) is 0 Å². The number of rotatable bonds is 3. The highest BCUT2D eigenvalue weighted by Crippen LogP contribution is 2.29. The van der Waals surface area contributed by atoms with E-state index in [-0.39, 0.29) is 0 Å². The molecular formula is C14H12BrN3S. The molecule has 0 aliphatic carbocycles. The highest BCUT2D eigenvalue weighted by molar-refractivity contribution is 9.10. The van der Waals surface area contributed by atoms with E-state index in [1.54, 1.807) is 11.3 Å². The molecule has 0 unspecified atom stereocenters. The summed E-state index contributed by atoms with van der Waals surface area (Å²) in [5, 5.41) is 4.14. The monoisotopic (exact) mass is 333 g/mol. The number of benzene rings is 1. The first-order valence-electron chi connectivity index (χ1n) is 6.02. The number of nitrogens with zero attached hydrogens (tertiary/aromatic N) is 2. The average Bonchev–Trinajstić information content (AvgIpc) is 2.80. The van der Waals surface area contributed by atoms with Gasteiger partial charge in [0.1, 0.15) is 5.82 Å². The van der Waals surface area contributed by atoms with Gasteiger partial charge in [0.2, 0.25) is 0 Å². The second-order valence-corrected chi connectivity index (χ2v) is 6.11. The van der Waals surface area contributed by atoms with Gasteiger partial charge in [-0.05, 0) is 42.3 Å². The van der Waals surface area contributed by atoms with Crippen LogP contribution in [-0.4, -0.2) is 9.97 Å². The van der Waals surface area contributed by atoms with Crippen LogP contribution in [0.3, 0.4) is 0 Å². The Bertz CT molecular complexity index is 724. The molecule has 2 heterocycles. The van der Waals surface area contributed by atoms with Gasteiger partial charge in [-0.1, -0.05) is 34.2 Å². The predicted octanol–water partition coefficient (Wildman–Crippen LogP) is 4.76. The Morgan fingerprint density at radius 3 is 3.00 bits per heavy atom. The first kappa shape index (κ1) is 12.6. The van der Waals surface area contributed by atoms with Gasteiger partial charge >= 0.3 is 0 Å². The highest BCUT2D eigenvalue weighted by atomic mass is 79.9. The molecule has 5 heteroatoms. The lowest BCUT2D eigenvalue weighted by Gasteiger charge is -2.02. The maximum absolute atomic E-state index is 4.55. The molecule has 3 aromatic rings. The molecule has 0 amide bonds. The highest BCUT2D eigenvalue weighted by Gasteiger charge is 2.05. The number of pyridine rings is 1. The van der Waals surface area contributed by atoms with Crippen LogP contribution in [0.25, 0.3) is 10.2 Å². The minimum absolute atomic E-state index is 0.845. The Hall–Kier alpha value is -1.46. The fraction of sp³-hybridized carbons (Fsp3) is 0.143. The maximum atomic E-state index is 4.55. The van der Waals surface area contributed by atoms with Crippen molar-refractivity contribution in [2.45, 2.75) is 13.3 Å². The van der Waals surface area contributed by atoms with Gasteiger partial charge < -0.3 is 5.32 Å². The first-order valence-corrected chi connectivity index (χ1v) is 7.63. The molecule has 0 atom stereocenters. The van der Waals surface area contributed by atoms with Crippen LogP contribution in [0.2, 0.25) is 0 Å². The van der Waals surface area contributed by atoms with Crippen molar-refractivity contribution in [1.29, 1.82) is 0 Å². The fourth-order valence-corrected chi connectivity index (χ4v) is 3.25. The summed E-state index contributed by atoms with van der Waals surface area (Å²) < 4.78 is 2.23. The summed E-state index contributed by atoms with van der Waals surface area (Å²) in [6.45, 7) is 2.13. The summed E-state index contributed by atoms with van der Waals surface area (Å²) in [4.78, 5) is 8.87. The van der Waals surface area contributed by atoms with Gasteiger partial charge in [0.05, 0.1) is 10.2 Å². The van der Waals surface area contributed by atoms with Gasteiger partial charge in [-0.3, -0.25) is 0 Å². The maximum Gasteiger partial charge on any atom is 0.189 e. The molecular weight excluding hydrogens is 322 g/mol. The molecule has 3 nitrogen and oxygen atoms in total. The zero-order valence-electron chi connectivity index (χ0n) is 10.4. The molecule has 0 spiro atoms. The number of aromatic nitrogens is 2. The van der Waals surface area contributed by atoms with Crippen LogP contribution in [-0.2, 0) is 6.42 Å². The van der Waals surface area contributed by atoms with Crippen LogP contribution in [0.1, 0.15) is 12.5 Å². The molecule has 0 saturated heterocycles. The summed E-state index contributed by atoms with van der Waals surface area (Å²) in [6.07, 6.45) is 2.83. The van der Waals surface area contributed by atoms with Crippen LogP contribution < -0.4 is 5.32 Å². The molecule has 0 saturated carbocycles. The molecule has 19 heavy (non-hydrogen) atoms. The summed E-state index contributed by atoms with van der Waals surface area (Å²) in [7, 11) is 0. The predicted molar refractivity (Wildman–Crippen MR) is 84.2 cm³/mol. The lowest BCUT2D eigenvalue weighted by Crippen LogP contribution is -1.93. The van der Waals surface area contributed by atoms with E-state index < -0.39 is 0 Å². The normalized spacial score (nSPS) is 10.8. The van der Waals surface area contributed by atoms with Crippen molar-refractivity contribution in [2.24, 2.45) is 0 Å². The molecule has 0 bridgehead atoms. The SMILES string of the molecule is CCc1ccnc(Nc2nc3ccc(Br)cc3s2)c1. The number of thiazole rings is 1. The van der Waals surface area contributed by atoms with E-state index in [4.69, 9.17) is 0 Å². The molecule has 0 aliphatic heterocycles. The number of anilines is 2. The van der Waals surface area contributed by atoms with Gasteiger partial charge in [0, 0.05) is 10.7 Å². The van der Waals surface area contributed by atoms with E-state index in [1.165, 1.54) is 5.56 Å². The minimum Gasteiger partial charge on any atom is -0.316 e. The van der Waals surface area contributed by atoms with Crippen LogP contribution in [0.15, 0.2) is 41.0 Å². The van der Waals surface area contributed by atoms with E-state index in [1.807, 2.05) is 24.4 Å². The number of fused-ring (bicyclic) bond motifs is 1. The van der Waals surface area contributed by atoms with Crippen molar-refractivity contribution in [2.75, 3.05) is 5.32 Å². The molecule has 2 aromatic heterocycles. The van der Waals surface area contributed by atoms with Crippen molar-refractivity contribution in [3.05, 3.63) is 46.6 Å². The summed E-state index contributed by atoms with van der Waals surface area (Å²) in [5.74, 6) is 0.845. The van der Waals surface area contributed by atoms with E-state index in [0.717, 1.165) is 32.1 Å². The Kier molecular flexibility index (Phi) is 3.48. The van der Waals surface area contributed by atoms with Crippen molar-refractivity contribution < 1.29 is 0 Å². The summed E-state index contributed by atoms with van der Waals surface area (Å²) in [6, 6.07) is 10.2. The third kappa shape index (κ3) is 2.77. The fourth-order valence-electron chi connectivity index (χ4n) is 1.82. The van der Waals surface area contributed by atoms with Crippen LogP contribution >= 0.6 is 27.3 Å². The quantitative estimate of drug-likeness (QED) is 0.750. The van der Waals surface area contributed by atoms with Crippen molar-refractivity contribution in [3.8, 4) is 0 Å². The molecule has 3 rings (SSSR count). The topological polar surface area (TPSA) is 37.8 Å². The van der Waals surface area contributed by atoms with Gasteiger partial charge in [-0.25, -0.2) is 9.97 Å². The van der Waals surface area contributed by atoms with Crippen LogP contribution in [0.5, 0.6) is 0 Å². The molecule has 0 fully saturated rings. The second-order valence-electron chi connectivity index (χ2n) is 4.16. The summed E-state index contributed by atoms with van der Waals surface area (Å²) >= 11 is 5.10. The number of nitrogens with one attached hydrogen (secondary N) is 1. The van der Waals surface area contributed by atoms with Crippen molar-refractivity contribution in [3.63, 3.8) is 0 Å². The van der Waals surface area contributed by atoms with E-state index in [0.29, 0.717) is 0 Å². The third-order valence-electron chi connectivity index (χ3n) is 2.82. The number of aryl methyl sites for hydroxylation is 1. The van der Waals surface area contributed by atoms with Crippen molar-refractivity contribution >= 4 is 48.4 Å². The zero-order valence-corrected chi connectivity index (χ0v) is 12.8. The first-order chi connectivity index (χ1) is 9.24. The lowest BCUT2D eigenvalue weighted by molar-refractivity contribution is 1.12. The van der Waals surface area contributed by atoms with E-state index in [2.05, 4.69) is 50.3 Å². The Labute approximate surface area is 123 Å². The molecule has 1 aromatic carbocycles. The molecule has 1 N–H and O–H groups in total. The molecule has 0 radical (unpaired) electrons. The standard InChI is InChI=1S/C14H12BrN3S/c1-2-9-5-6-16-13(7-9)18-14-17-11-4-3-10(15)8-12(11)19-14/h3-8H,2H2,1H3,(H,16,17,18). The van der Waals surface area contributed by atoms with Crippen LogP contribution in [0.4, 0.5) is 10.9 Å². The smallest absolute Gasteiger partial charge is 0.189 e. The Balaban J connectivity index is 1.92. The molecule has 0 aliphatic rings. The lowest BCUT2D eigenvalue weighted by atomic mass is 10.2. The minimum atomic E-state index is 0.845. The van der Waals surface area contributed by atoms with E-state index in [9.17, 15) is 0 Å². The van der Waals surface area contributed by atoms with Gasteiger partial charge in [0.25, 0.3) is 0 Å².